The second-order valence-electron chi connectivity index (χ2n) is 4.97. The monoisotopic (exact) mass is 283 g/mol. The number of rotatable bonds is 0. The van der Waals surface area contributed by atoms with Gasteiger partial charge in [-0.05, 0) is 42.0 Å². The lowest BCUT2D eigenvalue weighted by Crippen LogP contribution is -1.89. The van der Waals surface area contributed by atoms with Crippen LogP contribution in [0.4, 0.5) is 0 Å². The third-order valence-electron chi connectivity index (χ3n) is 3.71. The van der Waals surface area contributed by atoms with Crippen molar-refractivity contribution in [3.8, 4) is 22.8 Å². The summed E-state index contributed by atoms with van der Waals surface area (Å²) >= 11 is 6.48. The summed E-state index contributed by atoms with van der Waals surface area (Å²) in [6, 6.07) is 10.3. The number of fused-ring (bicyclic) bond motifs is 4. The number of phenols is 2. The van der Waals surface area contributed by atoms with Gasteiger partial charge in [-0.15, -0.1) is 0 Å². The highest BCUT2D eigenvalue weighted by molar-refractivity contribution is 6.36. The molecule has 0 radical (unpaired) electrons. The minimum Gasteiger partial charge on any atom is -0.508 e. The molecule has 0 spiro atoms. The van der Waals surface area contributed by atoms with Gasteiger partial charge in [0, 0.05) is 22.9 Å². The average Bonchev–Trinajstić information content (AvgIpc) is 2.78. The summed E-state index contributed by atoms with van der Waals surface area (Å²) in [5, 5.41) is 20.6. The van der Waals surface area contributed by atoms with E-state index in [-0.39, 0.29) is 11.5 Å². The van der Waals surface area contributed by atoms with Crippen molar-refractivity contribution in [1.82, 2.24) is 4.98 Å². The lowest BCUT2D eigenvalue weighted by Gasteiger charge is -2.07. The number of aromatic hydroxyl groups is 2. The summed E-state index contributed by atoms with van der Waals surface area (Å²) in [6.45, 7) is 0. The van der Waals surface area contributed by atoms with Crippen molar-refractivity contribution >= 4 is 22.5 Å². The average molecular weight is 284 g/mol. The molecule has 2 aromatic carbocycles. The first kappa shape index (κ1) is 11.6. The van der Waals surface area contributed by atoms with E-state index in [0.717, 1.165) is 33.3 Å². The molecule has 0 unspecified atom stereocenters. The molecule has 0 saturated heterocycles. The third kappa shape index (κ3) is 1.50. The van der Waals surface area contributed by atoms with Gasteiger partial charge >= 0.3 is 0 Å². The summed E-state index contributed by atoms with van der Waals surface area (Å²) in [7, 11) is 0. The molecule has 2 N–H and O–H groups in total. The first-order valence-corrected chi connectivity index (χ1v) is 6.64. The van der Waals surface area contributed by atoms with Crippen LogP contribution in [0.2, 0.25) is 5.02 Å². The number of nitrogens with zero attached hydrogens (tertiary/aromatic N) is 1. The maximum atomic E-state index is 9.59. The Bertz CT molecular complexity index is 874. The largest absolute Gasteiger partial charge is 0.508 e. The Morgan fingerprint density at radius 3 is 2.60 bits per heavy atom. The molecule has 4 heteroatoms. The van der Waals surface area contributed by atoms with Gasteiger partial charge in [-0.25, -0.2) is 4.98 Å². The molecule has 0 atom stereocenters. The van der Waals surface area contributed by atoms with Gasteiger partial charge in [-0.3, -0.25) is 0 Å². The molecule has 3 aromatic rings. The van der Waals surface area contributed by atoms with Crippen molar-refractivity contribution in [2.24, 2.45) is 0 Å². The van der Waals surface area contributed by atoms with Gasteiger partial charge in [0.15, 0.2) is 0 Å². The quantitative estimate of drug-likeness (QED) is 0.515. The second-order valence-corrected chi connectivity index (χ2v) is 5.35. The molecule has 0 saturated carbocycles. The van der Waals surface area contributed by atoms with Gasteiger partial charge < -0.3 is 10.2 Å². The number of phenolic OH excluding ortho intramolecular Hbond substituents is 2. The smallest absolute Gasteiger partial charge is 0.116 e. The highest BCUT2D eigenvalue weighted by atomic mass is 35.5. The molecule has 20 heavy (non-hydrogen) atoms. The Labute approximate surface area is 120 Å². The van der Waals surface area contributed by atoms with Crippen molar-refractivity contribution in [1.29, 1.82) is 0 Å². The molecular formula is C16H10ClNO2. The number of halogens is 1. The first-order valence-electron chi connectivity index (χ1n) is 6.27. The lowest BCUT2D eigenvalue weighted by atomic mass is 10.1. The Morgan fingerprint density at radius 2 is 1.75 bits per heavy atom. The lowest BCUT2D eigenvalue weighted by molar-refractivity contribution is 0.474. The van der Waals surface area contributed by atoms with Crippen LogP contribution >= 0.6 is 11.6 Å². The van der Waals surface area contributed by atoms with Gasteiger partial charge in [0.05, 0.1) is 16.2 Å². The third-order valence-corrected chi connectivity index (χ3v) is 4.14. The van der Waals surface area contributed by atoms with E-state index in [1.807, 2.05) is 6.07 Å². The van der Waals surface area contributed by atoms with Gasteiger partial charge in [-0.1, -0.05) is 11.6 Å². The predicted molar refractivity (Wildman–Crippen MR) is 78.3 cm³/mol. The number of hydrogen-bond donors (Lipinski definition) is 2. The first-order chi connectivity index (χ1) is 9.63. The van der Waals surface area contributed by atoms with Crippen LogP contribution in [-0.4, -0.2) is 15.2 Å². The van der Waals surface area contributed by atoms with E-state index in [0.29, 0.717) is 11.4 Å². The Balaban J connectivity index is 2.07. The minimum atomic E-state index is 0.175. The Hall–Kier alpha value is -2.26. The van der Waals surface area contributed by atoms with E-state index < -0.39 is 0 Å². The maximum absolute atomic E-state index is 9.59. The van der Waals surface area contributed by atoms with Gasteiger partial charge in [-0.2, -0.15) is 0 Å². The topological polar surface area (TPSA) is 53.4 Å². The molecule has 0 bridgehead atoms. The van der Waals surface area contributed by atoms with Crippen molar-refractivity contribution < 1.29 is 10.2 Å². The summed E-state index contributed by atoms with van der Waals surface area (Å²) in [5.41, 5.74) is 4.60. The summed E-state index contributed by atoms with van der Waals surface area (Å²) < 4.78 is 0. The molecule has 1 aromatic heterocycles. The SMILES string of the molecule is Oc1ccc2c(c1)Cc1c-2nc2ccc(O)cc2c1Cl. The van der Waals surface area contributed by atoms with Crippen LogP contribution in [0, 0.1) is 0 Å². The van der Waals surface area contributed by atoms with Crippen LogP contribution in [0.1, 0.15) is 11.1 Å². The fourth-order valence-electron chi connectivity index (χ4n) is 2.78. The van der Waals surface area contributed by atoms with E-state index in [1.165, 1.54) is 0 Å². The van der Waals surface area contributed by atoms with E-state index in [1.54, 1.807) is 30.3 Å². The van der Waals surface area contributed by atoms with Gasteiger partial charge in [0.2, 0.25) is 0 Å². The molecule has 1 aliphatic carbocycles. The fourth-order valence-corrected chi connectivity index (χ4v) is 3.09. The number of hydrogen-bond acceptors (Lipinski definition) is 3. The van der Waals surface area contributed by atoms with E-state index >= 15 is 0 Å². The molecule has 1 heterocycles. The van der Waals surface area contributed by atoms with Crippen molar-refractivity contribution in [3.63, 3.8) is 0 Å². The van der Waals surface area contributed by atoms with Crippen LogP contribution in [0.5, 0.6) is 11.5 Å². The van der Waals surface area contributed by atoms with E-state index in [9.17, 15) is 10.2 Å². The Morgan fingerprint density at radius 1 is 1.00 bits per heavy atom. The zero-order chi connectivity index (χ0) is 13.9. The molecule has 1 aliphatic rings. The predicted octanol–water partition coefficient (Wildman–Crippen LogP) is 3.87. The van der Waals surface area contributed by atoms with Gasteiger partial charge in [0.25, 0.3) is 0 Å². The molecule has 3 nitrogen and oxygen atoms in total. The summed E-state index contributed by atoms with van der Waals surface area (Å²) in [5.74, 6) is 0.421. The molecular weight excluding hydrogens is 274 g/mol. The number of aromatic nitrogens is 1. The second kappa shape index (κ2) is 3.87. The van der Waals surface area contributed by atoms with Crippen LogP contribution < -0.4 is 0 Å². The normalized spacial score (nSPS) is 12.4. The maximum Gasteiger partial charge on any atom is 0.116 e. The highest BCUT2D eigenvalue weighted by Crippen LogP contribution is 2.43. The zero-order valence-corrected chi connectivity index (χ0v) is 11.1. The molecule has 4 rings (SSSR count). The summed E-state index contributed by atoms with van der Waals surface area (Å²) in [4.78, 5) is 4.65. The van der Waals surface area contributed by atoms with Crippen LogP contribution in [-0.2, 0) is 6.42 Å². The van der Waals surface area contributed by atoms with Crippen molar-refractivity contribution in [2.75, 3.05) is 0 Å². The van der Waals surface area contributed by atoms with Crippen LogP contribution in [0.3, 0.4) is 0 Å². The molecule has 0 fully saturated rings. The molecule has 0 aliphatic heterocycles. The standard InChI is InChI=1S/C16H10ClNO2/c17-15-12-7-10(20)2-4-14(12)18-16-11-3-1-9(19)5-8(11)6-13(15)16/h1-5,7,19-20H,6H2. The Kier molecular flexibility index (Phi) is 2.24. The highest BCUT2D eigenvalue weighted by Gasteiger charge is 2.24. The van der Waals surface area contributed by atoms with E-state index in [2.05, 4.69) is 4.98 Å². The van der Waals surface area contributed by atoms with Crippen LogP contribution in [0.15, 0.2) is 36.4 Å². The molecule has 0 amide bonds. The van der Waals surface area contributed by atoms with Crippen molar-refractivity contribution in [3.05, 3.63) is 52.5 Å². The number of pyridine rings is 1. The minimum absolute atomic E-state index is 0.175. The molecule has 98 valence electrons. The van der Waals surface area contributed by atoms with Crippen LogP contribution in [0.25, 0.3) is 22.2 Å². The van der Waals surface area contributed by atoms with Crippen molar-refractivity contribution in [2.45, 2.75) is 6.42 Å². The number of benzene rings is 2. The van der Waals surface area contributed by atoms with Gasteiger partial charge in [0.1, 0.15) is 11.5 Å². The summed E-state index contributed by atoms with van der Waals surface area (Å²) in [6.07, 6.45) is 0.649. The van der Waals surface area contributed by atoms with E-state index in [4.69, 9.17) is 11.6 Å². The fraction of sp³-hybridized carbons (Fsp3) is 0.0625. The zero-order valence-electron chi connectivity index (χ0n) is 10.4.